The maximum absolute atomic E-state index is 11.5. The summed E-state index contributed by atoms with van der Waals surface area (Å²) in [5, 5.41) is 2.52. The first-order valence-electron chi connectivity index (χ1n) is 5.36. The van der Waals surface area contributed by atoms with Gasteiger partial charge in [-0.3, -0.25) is 4.79 Å². The largest absolute Gasteiger partial charge is 0.351 e. The molecule has 1 aliphatic carbocycles. The van der Waals surface area contributed by atoms with E-state index in [0.717, 1.165) is 0 Å². The van der Waals surface area contributed by atoms with Crippen molar-refractivity contribution in [3.05, 3.63) is 0 Å². The maximum Gasteiger partial charge on any atom is 0.223 e. The van der Waals surface area contributed by atoms with Gasteiger partial charge in [0, 0.05) is 16.9 Å². The molecule has 0 aliphatic heterocycles. The van der Waals surface area contributed by atoms with Crippen LogP contribution in [0, 0.1) is 5.89 Å². The summed E-state index contributed by atoms with van der Waals surface area (Å²) >= 11 is 0. The molecule has 1 rings (SSSR count). The van der Waals surface area contributed by atoms with Crippen molar-refractivity contribution in [3.8, 4) is 0 Å². The minimum Gasteiger partial charge on any atom is -0.351 e. The molecule has 1 N–H and O–H groups in total. The molecule has 0 aromatic rings. The van der Waals surface area contributed by atoms with E-state index in [9.17, 15) is 4.79 Å². The molecule has 0 heterocycles. The third-order valence-electron chi connectivity index (χ3n) is 1.02. The van der Waals surface area contributed by atoms with E-state index in [0.29, 0.717) is 0 Å². The molecule has 1 fully saturated rings. The molecule has 0 saturated heterocycles. The molecule has 0 spiro atoms. The van der Waals surface area contributed by atoms with Crippen LogP contribution in [0.5, 0.6) is 0 Å². The molecule has 0 radical (unpaired) electrons. The van der Waals surface area contributed by atoms with E-state index in [1.807, 2.05) is 0 Å². The Balaban J connectivity index is 2.74. The second-order valence-electron chi connectivity index (χ2n) is 3.41. The molecule has 2 unspecified atom stereocenters. The van der Waals surface area contributed by atoms with Gasteiger partial charge in [0.15, 0.2) is 0 Å². The van der Waals surface area contributed by atoms with Crippen molar-refractivity contribution in [3.63, 3.8) is 0 Å². The number of nitrogens with one attached hydrogen (secondary N) is 1. The number of amides is 1. The van der Waals surface area contributed by atoms with E-state index in [-0.39, 0.29) is 0 Å². The van der Waals surface area contributed by atoms with Gasteiger partial charge in [-0.1, -0.05) is 0 Å². The normalized spacial score (nSPS) is 49.7. The van der Waals surface area contributed by atoms with Gasteiger partial charge in [0.2, 0.25) is 5.91 Å². The van der Waals surface area contributed by atoms with Crippen LogP contribution in [-0.2, 0) is 4.79 Å². The van der Waals surface area contributed by atoms with E-state index in [4.69, 9.17) is 5.48 Å². The molecule has 1 aliphatic rings. The monoisotopic (exact) mass is 145 g/mol. The standard InChI is InChI=1S/C8H15NO/c1-8(2,3)9-7(10)6-4-5-6/h6H,4-5H2,1-3H3,(H,9,10)/i4D,5D2,6D. The second-order valence-corrected chi connectivity index (χ2v) is 3.41. The molecule has 1 amide bonds. The van der Waals surface area contributed by atoms with Gasteiger partial charge in [0.25, 0.3) is 0 Å². The SMILES string of the molecule is [2H]C1C([2H])([2H])C1([2H])C(=O)NC(C)(C)C. The van der Waals surface area contributed by atoms with Crippen LogP contribution in [0.4, 0.5) is 0 Å². The summed E-state index contributed by atoms with van der Waals surface area (Å²) in [5.41, 5.74) is -0.497. The number of carbonyl (C=O) groups excluding carboxylic acids is 1. The zero-order valence-electron chi connectivity index (χ0n) is 10.5. The van der Waals surface area contributed by atoms with E-state index in [1.165, 1.54) is 0 Å². The molecule has 58 valence electrons. The molecular formula is C8H15NO. The van der Waals surface area contributed by atoms with Gasteiger partial charge in [-0.15, -0.1) is 0 Å². The lowest BCUT2D eigenvalue weighted by Crippen LogP contribution is -2.41. The lowest BCUT2D eigenvalue weighted by Gasteiger charge is -2.20. The Kier molecular flexibility index (Phi) is 0.845. The summed E-state index contributed by atoms with van der Waals surface area (Å²) < 4.78 is 29.4. The van der Waals surface area contributed by atoms with Crippen molar-refractivity contribution >= 4 is 5.91 Å². The zero-order chi connectivity index (χ0) is 11.4. The number of hydrogen-bond donors (Lipinski definition) is 1. The Hall–Kier alpha value is -0.530. The van der Waals surface area contributed by atoms with Crippen LogP contribution >= 0.6 is 0 Å². The first-order valence-corrected chi connectivity index (χ1v) is 3.28. The predicted molar refractivity (Wildman–Crippen MR) is 40.6 cm³/mol. The van der Waals surface area contributed by atoms with Crippen molar-refractivity contribution in [1.29, 1.82) is 0 Å². The van der Waals surface area contributed by atoms with Crippen molar-refractivity contribution < 1.29 is 10.3 Å². The molecule has 0 aromatic carbocycles. The van der Waals surface area contributed by atoms with Crippen LogP contribution < -0.4 is 5.32 Å². The van der Waals surface area contributed by atoms with Crippen LogP contribution in [0.2, 0.25) is 0 Å². The van der Waals surface area contributed by atoms with Crippen LogP contribution in [0.3, 0.4) is 0 Å². The lowest BCUT2D eigenvalue weighted by atomic mass is 10.1. The summed E-state index contributed by atoms with van der Waals surface area (Å²) in [5.74, 6) is -2.63. The second kappa shape index (κ2) is 2.26. The summed E-state index contributed by atoms with van der Waals surface area (Å²) in [6, 6.07) is 0. The quantitative estimate of drug-likeness (QED) is 0.592. The van der Waals surface area contributed by atoms with Gasteiger partial charge in [0.1, 0.15) is 0 Å². The minimum absolute atomic E-state index is 0.497. The van der Waals surface area contributed by atoms with Gasteiger partial charge in [-0.25, -0.2) is 0 Å². The van der Waals surface area contributed by atoms with Crippen molar-refractivity contribution in [1.82, 2.24) is 5.32 Å². The average molecular weight is 145 g/mol. The summed E-state index contributed by atoms with van der Waals surface area (Å²) in [4.78, 5) is 11.5. The van der Waals surface area contributed by atoms with E-state index in [1.54, 1.807) is 20.8 Å². The molecular weight excluding hydrogens is 126 g/mol. The molecule has 0 aromatic heterocycles. The topological polar surface area (TPSA) is 29.1 Å². The third kappa shape index (κ3) is 2.38. The molecule has 2 atom stereocenters. The zero-order valence-corrected chi connectivity index (χ0v) is 6.49. The van der Waals surface area contributed by atoms with E-state index >= 15 is 0 Å². The highest BCUT2D eigenvalue weighted by Gasteiger charge is 2.31. The summed E-state index contributed by atoms with van der Waals surface area (Å²) in [7, 11) is 0. The van der Waals surface area contributed by atoms with Gasteiger partial charge in [-0.05, 0) is 33.5 Å². The summed E-state index contributed by atoms with van der Waals surface area (Å²) in [6.45, 7) is 5.27. The number of rotatable bonds is 1. The first-order chi connectivity index (χ1) is 6.03. The molecule has 1 saturated carbocycles. The third-order valence-corrected chi connectivity index (χ3v) is 1.02. The van der Waals surface area contributed by atoms with Crippen molar-refractivity contribution in [2.24, 2.45) is 5.89 Å². The minimum atomic E-state index is -2.03. The fourth-order valence-corrected chi connectivity index (χ4v) is 0.575. The van der Waals surface area contributed by atoms with Gasteiger partial charge in [-0.2, -0.15) is 0 Å². The Morgan fingerprint density at radius 3 is 2.60 bits per heavy atom. The Morgan fingerprint density at radius 2 is 2.30 bits per heavy atom. The highest BCUT2D eigenvalue weighted by molar-refractivity contribution is 5.81. The number of carbonyl (C=O) groups is 1. The Morgan fingerprint density at radius 1 is 1.80 bits per heavy atom. The smallest absolute Gasteiger partial charge is 0.223 e. The molecule has 0 bridgehead atoms. The molecule has 10 heavy (non-hydrogen) atoms. The predicted octanol–water partition coefficient (Wildman–Crippen LogP) is 1.31. The van der Waals surface area contributed by atoms with E-state index < -0.39 is 30.1 Å². The van der Waals surface area contributed by atoms with Gasteiger partial charge in [0.05, 0.1) is 0 Å². The Bertz CT molecular complexity index is 273. The van der Waals surface area contributed by atoms with Gasteiger partial charge < -0.3 is 5.32 Å². The highest BCUT2D eigenvalue weighted by atomic mass is 16.2. The first kappa shape index (κ1) is 3.74. The summed E-state index contributed by atoms with van der Waals surface area (Å²) in [6.07, 6.45) is -3.31. The van der Waals surface area contributed by atoms with Crippen LogP contribution in [0.15, 0.2) is 0 Å². The van der Waals surface area contributed by atoms with Crippen molar-refractivity contribution in [2.75, 3.05) is 0 Å². The fraction of sp³-hybridized carbons (Fsp3) is 0.875. The molecule has 2 nitrogen and oxygen atoms in total. The van der Waals surface area contributed by atoms with E-state index in [2.05, 4.69) is 5.32 Å². The fourth-order valence-electron chi connectivity index (χ4n) is 0.575. The Labute approximate surface area is 67.6 Å². The average Bonchev–Trinajstić information content (AvgIpc) is 2.32. The van der Waals surface area contributed by atoms with Gasteiger partial charge >= 0.3 is 0 Å². The number of hydrogen-bond acceptors (Lipinski definition) is 1. The molecule has 2 heteroatoms. The van der Waals surface area contributed by atoms with Crippen LogP contribution in [0.25, 0.3) is 0 Å². The van der Waals surface area contributed by atoms with Crippen molar-refractivity contribution in [2.45, 2.75) is 39.1 Å². The van der Waals surface area contributed by atoms with Crippen LogP contribution in [0.1, 0.15) is 39.0 Å². The maximum atomic E-state index is 11.5. The lowest BCUT2D eigenvalue weighted by molar-refractivity contribution is -0.123. The highest BCUT2D eigenvalue weighted by Crippen LogP contribution is 2.29. The van der Waals surface area contributed by atoms with Crippen LogP contribution in [-0.4, -0.2) is 11.4 Å².